The molecule has 0 radical (unpaired) electrons. The summed E-state index contributed by atoms with van der Waals surface area (Å²) in [6.07, 6.45) is 6.65. The van der Waals surface area contributed by atoms with Gasteiger partial charge < -0.3 is 14.5 Å². The van der Waals surface area contributed by atoms with Crippen molar-refractivity contribution in [3.05, 3.63) is 65.5 Å². The van der Waals surface area contributed by atoms with Gasteiger partial charge in [-0.15, -0.1) is 0 Å². The monoisotopic (exact) mass is 530 g/mol. The Morgan fingerprint density at radius 1 is 0.923 bits per heavy atom. The van der Waals surface area contributed by atoms with Crippen LogP contribution in [0.2, 0.25) is 0 Å². The largest absolute Gasteiger partial charge is 0.379 e. The van der Waals surface area contributed by atoms with Crippen LogP contribution in [0.5, 0.6) is 0 Å². The van der Waals surface area contributed by atoms with E-state index in [0.717, 1.165) is 81.8 Å². The van der Waals surface area contributed by atoms with Gasteiger partial charge in [-0.3, -0.25) is 19.6 Å². The first-order chi connectivity index (χ1) is 19.1. The van der Waals surface area contributed by atoms with Crippen molar-refractivity contribution in [3.8, 4) is 11.4 Å². The van der Waals surface area contributed by atoms with Crippen LogP contribution in [0.4, 0.5) is 5.69 Å². The Hall–Kier alpha value is -3.56. The summed E-state index contributed by atoms with van der Waals surface area (Å²) < 4.78 is 5.51. The number of carbonyl (C=O) groups excluding carboxylic acids is 2. The molecule has 2 aromatic carbocycles. The van der Waals surface area contributed by atoms with Crippen LogP contribution in [0.3, 0.4) is 0 Å². The topological polar surface area (TPSA) is 94.7 Å². The molecule has 0 atom stereocenters. The first-order valence-corrected chi connectivity index (χ1v) is 14.0. The van der Waals surface area contributed by atoms with Crippen LogP contribution in [-0.4, -0.2) is 76.2 Å². The summed E-state index contributed by atoms with van der Waals surface area (Å²) in [4.78, 5) is 37.0. The summed E-state index contributed by atoms with van der Waals surface area (Å²) in [7, 11) is 0. The standard InChI is InChI=1S/C30H38N6O3/c1-23(37)36-14-6-4-2-3-5-13-35(30(38)26-11-9-25(10-12-26)29-31-22-32-33-29)21-27-8-7-24(19-28(27)36)20-34-15-17-39-18-16-34/h7-12,19,22H,2-6,13-18,20-21H2,1H3,(H,31,32,33). The maximum Gasteiger partial charge on any atom is 0.254 e. The Kier molecular flexibility index (Phi) is 9.00. The molecule has 1 fully saturated rings. The second-order valence-electron chi connectivity index (χ2n) is 10.4. The molecule has 9 heteroatoms. The second kappa shape index (κ2) is 13.0. The molecule has 1 aromatic heterocycles. The lowest BCUT2D eigenvalue weighted by Crippen LogP contribution is -2.36. The normalized spacial score (nSPS) is 17.7. The van der Waals surface area contributed by atoms with Crippen LogP contribution in [0.25, 0.3) is 11.4 Å². The number of nitrogens with zero attached hydrogens (tertiary/aromatic N) is 5. The lowest BCUT2D eigenvalue weighted by Gasteiger charge is -2.30. The van der Waals surface area contributed by atoms with E-state index in [1.54, 1.807) is 6.92 Å². The fraction of sp³-hybridized carbons (Fsp3) is 0.467. The van der Waals surface area contributed by atoms with E-state index in [1.165, 1.54) is 11.9 Å². The van der Waals surface area contributed by atoms with Gasteiger partial charge in [0.1, 0.15) is 6.33 Å². The number of hydrogen-bond donors (Lipinski definition) is 1. The van der Waals surface area contributed by atoms with Crippen LogP contribution in [0, 0.1) is 0 Å². The molecular formula is C30H38N6O3. The number of ether oxygens (including phenoxy) is 1. The second-order valence-corrected chi connectivity index (χ2v) is 10.4. The smallest absolute Gasteiger partial charge is 0.254 e. The first-order valence-electron chi connectivity index (χ1n) is 14.0. The van der Waals surface area contributed by atoms with Crippen LogP contribution in [0.1, 0.15) is 60.5 Å². The molecule has 5 rings (SSSR count). The zero-order valence-electron chi connectivity index (χ0n) is 22.8. The molecule has 0 spiro atoms. The summed E-state index contributed by atoms with van der Waals surface area (Å²) in [5, 5.41) is 6.77. The van der Waals surface area contributed by atoms with Crippen molar-refractivity contribution in [1.29, 1.82) is 0 Å². The molecule has 39 heavy (non-hydrogen) atoms. The molecule has 0 unspecified atom stereocenters. The van der Waals surface area contributed by atoms with E-state index in [-0.39, 0.29) is 11.8 Å². The number of amides is 2. The lowest BCUT2D eigenvalue weighted by molar-refractivity contribution is -0.116. The summed E-state index contributed by atoms with van der Waals surface area (Å²) in [6.45, 7) is 7.61. The molecule has 0 saturated carbocycles. The highest BCUT2D eigenvalue weighted by Crippen LogP contribution is 2.28. The minimum Gasteiger partial charge on any atom is -0.379 e. The molecule has 1 saturated heterocycles. The number of morpholine rings is 1. The lowest BCUT2D eigenvalue weighted by atomic mass is 10.0. The van der Waals surface area contributed by atoms with Crippen molar-refractivity contribution >= 4 is 17.5 Å². The van der Waals surface area contributed by atoms with Crippen molar-refractivity contribution in [2.45, 2.75) is 52.1 Å². The summed E-state index contributed by atoms with van der Waals surface area (Å²) in [5.41, 5.74) is 4.62. The Balaban J connectivity index is 1.43. The zero-order chi connectivity index (χ0) is 27.0. The Morgan fingerprint density at radius 3 is 2.38 bits per heavy atom. The number of carbonyl (C=O) groups is 2. The van der Waals surface area contributed by atoms with Crippen LogP contribution >= 0.6 is 0 Å². The predicted octanol–water partition coefficient (Wildman–Crippen LogP) is 4.26. The van der Waals surface area contributed by atoms with E-state index in [0.29, 0.717) is 31.0 Å². The Morgan fingerprint density at radius 2 is 1.67 bits per heavy atom. The fourth-order valence-corrected chi connectivity index (χ4v) is 5.42. The maximum absolute atomic E-state index is 13.8. The third-order valence-electron chi connectivity index (χ3n) is 7.61. The molecular weight excluding hydrogens is 492 g/mol. The van der Waals surface area contributed by atoms with Crippen LogP contribution in [0.15, 0.2) is 48.8 Å². The number of aromatic amines is 1. The average Bonchev–Trinajstić information content (AvgIpc) is 3.49. The van der Waals surface area contributed by atoms with Gasteiger partial charge in [-0.25, -0.2) is 4.98 Å². The van der Waals surface area contributed by atoms with Gasteiger partial charge in [0.25, 0.3) is 5.91 Å². The molecule has 206 valence electrons. The quantitative estimate of drug-likeness (QED) is 0.542. The number of aromatic nitrogens is 3. The van der Waals surface area contributed by atoms with Crippen LogP contribution in [-0.2, 0) is 22.6 Å². The van der Waals surface area contributed by atoms with E-state index in [1.807, 2.05) is 34.1 Å². The van der Waals surface area contributed by atoms with E-state index in [4.69, 9.17) is 4.74 Å². The van der Waals surface area contributed by atoms with Gasteiger partial charge in [-0.1, -0.05) is 43.5 Å². The molecule has 2 amide bonds. The molecule has 0 aliphatic carbocycles. The van der Waals surface area contributed by atoms with E-state index in [2.05, 4.69) is 38.3 Å². The van der Waals surface area contributed by atoms with Gasteiger partial charge in [-0.05, 0) is 42.2 Å². The van der Waals surface area contributed by atoms with E-state index >= 15 is 0 Å². The number of nitrogens with one attached hydrogen (secondary N) is 1. The van der Waals surface area contributed by atoms with Crippen molar-refractivity contribution in [1.82, 2.24) is 25.0 Å². The number of anilines is 1. The SMILES string of the molecule is CC(=O)N1CCCCCCCN(C(=O)c2ccc(-c3ncn[nH]3)cc2)Cc2ccc(CN3CCOCC3)cc21. The van der Waals surface area contributed by atoms with E-state index in [9.17, 15) is 9.59 Å². The van der Waals surface area contributed by atoms with Crippen molar-refractivity contribution in [2.75, 3.05) is 44.3 Å². The molecule has 3 heterocycles. The van der Waals surface area contributed by atoms with Crippen molar-refractivity contribution in [3.63, 3.8) is 0 Å². The molecule has 9 nitrogen and oxygen atoms in total. The van der Waals surface area contributed by atoms with Gasteiger partial charge in [0, 0.05) is 63.0 Å². The minimum atomic E-state index is -0.00565. The van der Waals surface area contributed by atoms with Crippen molar-refractivity contribution in [2.24, 2.45) is 0 Å². The van der Waals surface area contributed by atoms with Gasteiger partial charge in [0.15, 0.2) is 5.82 Å². The van der Waals surface area contributed by atoms with Crippen molar-refractivity contribution < 1.29 is 14.3 Å². The third kappa shape index (κ3) is 6.91. The third-order valence-corrected chi connectivity index (χ3v) is 7.61. The number of rotatable bonds is 4. The Labute approximate surface area is 230 Å². The summed E-state index contributed by atoms with van der Waals surface area (Å²) >= 11 is 0. The highest BCUT2D eigenvalue weighted by molar-refractivity contribution is 5.95. The molecule has 0 bridgehead atoms. The fourth-order valence-electron chi connectivity index (χ4n) is 5.42. The number of fused-ring (bicyclic) bond motifs is 1. The highest BCUT2D eigenvalue weighted by Gasteiger charge is 2.23. The van der Waals surface area contributed by atoms with E-state index < -0.39 is 0 Å². The molecule has 3 aromatic rings. The number of H-pyrrole nitrogens is 1. The number of hydrogen-bond acceptors (Lipinski definition) is 6. The minimum absolute atomic E-state index is 0.00565. The highest BCUT2D eigenvalue weighted by atomic mass is 16.5. The molecule has 1 N–H and O–H groups in total. The maximum atomic E-state index is 13.8. The zero-order valence-corrected chi connectivity index (χ0v) is 22.8. The number of benzene rings is 2. The van der Waals surface area contributed by atoms with Gasteiger partial charge in [-0.2, -0.15) is 5.10 Å². The van der Waals surface area contributed by atoms with Gasteiger partial charge >= 0.3 is 0 Å². The summed E-state index contributed by atoms with van der Waals surface area (Å²) in [6, 6.07) is 13.9. The van der Waals surface area contributed by atoms with Gasteiger partial charge in [0.05, 0.1) is 13.2 Å². The molecule has 2 aliphatic rings. The van der Waals surface area contributed by atoms with Crippen LogP contribution < -0.4 is 4.90 Å². The summed E-state index contributed by atoms with van der Waals surface area (Å²) in [5.74, 6) is 0.707. The van der Waals surface area contributed by atoms with Gasteiger partial charge in [0.2, 0.25) is 5.91 Å². The predicted molar refractivity (Wildman–Crippen MR) is 150 cm³/mol. The Bertz CT molecular complexity index is 1240. The molecule has 2 aliphatic heterocycles. The average molecular weight is 531 g/mol. The first kappa shape index (κ1) is 27.0.